The van der Waals surface area contributed by atoms with E-state index in [1.54, 1.807) is 0 Å². The molecule has 0 aliphatic rings. The quantitative estimate of drug-likeness (QED) is 0.894. The molecule has 0 unspecified atom stereocenters. The van der Waals surface area contributed by atoms with Crippen molar-refractivity contribution in [2.75, 3.05) is 0 Å². The topological polar surface area (TPSA) is 66.0 Å². The summed E-state index contributed by atoms with van der Waals surface area (Å²) >= 11 is 3.43. The van der Waals surface area contributed by atoms with Gasteiger partial charge in [0.1, 0.15) is 5.69 Å². The number of aromatic nitrogens is 2. The minimum atomic E-state index is -1.01. The number of carboxylic acids is 1. The van der Waals surface area contributed by atoms with Crippen molar-refractivity contribution >= 4 is 21.9 Å². The fourth-order valence-electron chi connectivity index (χ4n) is 1.65. The third-order valence-corrected chi connectivity index (χ3v) is 3.17. The fourth-order valence-corrected chi connectivity index (χ4v) is 2.22. The number of hydrogen-bond donors (Lipinski definition) is 2. The maximum Gasteiger partial charge on any atom is 0.353 e. The van der Waals surface area contributed by atoms with Gasteiger partial charge in [-0.25, -0.2) is 4.79 Å². The van der Waals surface area contributed by atoms with Gasteiger partial charge in [-0.1, -0.05) is 15.9 Å². The number of H-pyrrole nitrogens is 1. The molecule has 1 aromatic carbocycles. The molecule has 0 saturated heterocycles. The number of aromatic carboxylic acids is 1. The SMILES string of the molecule is Cc1cc(Br)cc(-c2cc(C(=O)O)[nH]n2)c1C. The molecule has 0 radical (unpaired) electrons. The van der Waals surface area contributed by atoms with Gasteiger partial charge in [-0.3, -0.25) is 5.10 Å². The summed E-state index contributed by atoms with van der Waals surface area (Å²) in [5.74, 6) is -1.01. The van der Waals surface area contributed by atoms with E-state index in [0.29, 0.717) is 5.69 Å². The number of nitrogens with one attached hydrogen (secondary N) is 1. The number of carbonyl (C=O) groups is 1. The van der Waals surface area contributed by atoms with Crippen LogP contribution in [0.5, 0.6) is 0 Å². The van der Waals surface area contributed by atoms with Crippen LogP contribution >= 0.6 is 15.9 Å². The summed E-state index contributed by atoms with van der Waals surface area (Å²) in [6.07, 6.45) is 0. The third-order valence-electron chi connectivity index (χ3n) is 2.72. The van der Waals surface area contributed by atoms with Gasteiger partial charge in [0.15, 0.2) is 0 Å². The van der Waals surface area contributed by atoms with E-state index in [1.807, 2.05) is 26.0 Å². The van der Waals surface area contributed by atoms with E-state index in [1.165, 1.54) is 6.07 Å². The van der Waals surface area contributed by atoms with Gasteiger partial charge in [-0.15, -0.1) is 0 Å². The van der Waals surface area contributed by atoms with Gasteiger partial charge in [0.25, 0.3) is 0 Å². The third kappa shape index (κ3) is 2.24. The maximum atomic E-state index is 10.8. The number of aryl methyl sites for hydroxylation is 1. The first kappa shape index (κ1) is 11.9. The molecule has 0 spiro atoms. The molecular weight excluding hydrogens is 284 g/mol. The summed E-state index contributed by atoms with van der Waals surface area (Å²) in [5, 5.41) is 15.4. The molecule has 0 aliphatic carbocycles. The molecule has 0 bridgehead atoms. The smallest absolute Gasteiger partial charge is 0.353 e. The van der Waals surface area contributed by atoms with Crippen molar-refractivity contribution in [2.24, 2.45) is 0 Å². The zero-order valence-electron chi connectivity index (χ0n) is 9.41. The number of nitrogens with zero attached hydrogens (tertiary/aromatic N) is 1. The van der Waals surface area contributed by atoms with Crippen molar-refractivity contribution in [1.82, 2.24) is 10.2 Å². The summed E-state index contributed by atoms with van der Waals surface area (Å²) in [6, 6.07) is 5.49. The van der Waals surface area contributed by atoms with Crippen LogP contribution in [0.25, 0.3) is 11.3 Å². The number of rotatable bonds is 2. The molecule has 0 atom stereocenters. The van der Waals surface area contributed by atoms with Crippen LogP contribution in [0.1, 0.15) is 21.6 Å². The average Bonchev–Trinajstić information content (AvgIpc) is 2.72. The van der Waals surface area contributed by atoms with E-state index < -0.39 is 5.97 Å². The molecule has 2 aromatic rings. The lowest BCUT2D eigenvalue weighted by molar-refractivity contribution is 0.0690. The monoisotopic (exact) mass is 294 g/mol. The molecule has 0 aliphatic heterocycles. The largest absolute Gasteiger partial charge is 0.477 e. The van der Waals surface area contributed by atoms with Crippen molar-refractivity contribution in [3.63, 3.8) is 0 Å². The standard InChI is InChI=1S/C12H11BrN2O2/c1-6-3-8(13)4-9(7(6)2)10-5-11(12(16)17)15-14-10/h3-5H,1-2H3,(H,14,15)(H,16,17). The summed E-state index contributed by atoms with van der Waals surface area (Å²) in [5.41, 5.74) is 3.90. The van der Waals surface area contributed by atoms with Crippen molar-refractivity contribution in [3.8, 4) is 11.3 Å². The summed E-state index contributed by atoms with van der Waals surface area (Å²) < 4.78 is 0.954. The van der Waals surface area contributed by atoms with E-state index in [-0.39, 0.29) is 5.69 Å². The fraction of sp³-hybridized carbons (Fsp3) is 0.167. The highest BCUT2D eigenvalue weighted by Crippen LogP contribution is 2.28. The Morgan fingerprint density at radius 1 is 1.35 bits per heavy atom. The summed E-state index contributed by atoms with van der Waals surface area (Å²) in [6.45, 7) is 4.00. The number of aromatic amines is 1. The molecule has 0 saturated carbocycles. The molecule has 2 rings (SSSR count). The van der Waals surface area contributed by atoms with Crippen molar-refractivity contribution in [3.05, 3.63) is 39.5 Å². The first-order valence-electron chi connectivity index (χ1n) is 5.05. The Labute approximate surface area is 107 Å². The maximum absolute atomic E-state index is 10.8. The van der Waals surface area contributed by atoms with Gasteiger partial charge >= 0.3 is 5.97 Å². The first-order chi connectivity index (χ1) is 7.99. The normalized spacial score (nSPS) is 10.5. The lowest BCUT2D eigenvalue weighted by Gasteiger charge is -2.07. The second-order valence-corrected chi connectivity index (χ2v) is 4.78. The highest BCUT2D eigenvalue weighted by molar-refractivity contribution is 9.10. The van der Waals surface area contributed by atoms with Gasteiger partial charge < -0.3 is 5.11 Å². The molecule has 17 heavy (non-hydrogen) atoms. The number of hydrogen-bond acceptors (Lipinski definition) is 2. The molecule has 5 heteroatoms. The molecule has 0 amide bonds. The van der Waals surface area contributed by atoms with Gasteiger partial charge in [-0.2, -0.15) is 5.10 Å². The second kappa shape index (κ2) is 4.33. The molecule has 1 aromatic heterocycles. The van der Waals surface area contributed by atoms with Crippen molar-refractivity contribution < 1.29 is 9.90 Å². The van der Waals surface area contributed by atoms with Crippen LogP contribution in [-0.4, -0.2) is 21.3 Å². The molecule has 0 fully saturated rings. The number of benzene rings is 1. The zero-order chi connectivity index (χ0) is 12.6. The van der Waals surface area contributed by atoms with Gasteiger partial charge in [0, 0.05) is 10.0 Å². The lowest BCUT2D eigenvalue weighted by Crippen LogP contribution is -1.95. The van der Waals surface area contributed by atoms with Gasteiger partial charge in [-0.05, 0) is 43.2 Å². The van der Waals surface area contributed by atoms with Crippen LogP contribution in [0.4, 0.5) is 0 Å². The van der Waals surface area contributed by atoms with Gasteiger partial charge in [0.05, 0.1) is 5.69 Å². The Hall–Kier alpha value is -1.62. The van der Waals surface area contributed by atoms with Crippen molar-refractivity contribution in [2.45, 2.75) is 13.8 Å². The minimum Gasteiger partial charge on any atom is -0.477 e. The minimum absolute atomic E-state index is 0.0945. The van der Waals surface area contributed by atoms with E-state index in [9.17, 15) is 4.79 Å². The average molecular weight is 295 g/mol. The summed E-state index contributed by atoms with van der Waals surface area (Å²) in [4.78, 5) is 10.8. The van der Waals surface area contributed by atoms with Gasteiger partial charge in [0.2, 0.25) is 0 Å². The lowest BCUT2D eigenvalue weighted by atomic mass is 10.0. The van der Waals surface area contributed by atoms with Crippen molar-refractivity contribution in [1.29, 1.82) is 0 Å². The van der Waals surface area contributed by atoms with Crippen LogP contribution in [0.15, 0.2) is 22.7 Å². The van der Waals surface area contributed by atoms with E-state index >= 15 is 0 Å². The number of halogens is 1. The second-order valence-electron chi connectivity index (χ2n) is 3.87. The van der Waals surface area contributed by atoms with E-state index in [0.717, 1.165) is 21.2 Å². The highest BCUT2D eigenvalue weighted by Gasteiger charge is 2.12. The van der Waals surface area contributed by atoms with Crippen LogP contribution in [0.2, 0.25) is 0 Å². The van der Waals surface area contributed by atoms with E-state index in [2.05, 4.69) is 26.1 Å². The van der Waals surface area contributed by atoms with Crippen LogP contribution in [-0.2, 0) is 0 Å². The molecule has 88 valence electrons. The zero-order valence-corrected chi connectivity index (χ0v) is 11.0. The first-order valence-corrected chi connectivity index (χ1v) is 5.84. The van der Waals surface area contributed by atoms with E-state index in [4.69, 9.17) is 5.11 Å². The predicted octanol–water partition coefficient (Wildman–Crippen LogP) is 3.15. The summed E-state index contributed by atoms with van der Waals surface area (Å²) in [7, 11) is 0. The molecule has 2 N–H and O–H groups in total. The van der Waals surface area contributed by atoms with Crippen LogP contribution in [0, 0.1) is 13.8 Å². The Bertz CT molecular complexity index is 590. The Kier molecular flexibility index (Phi) is 3.02. The van der Waals surface area contributed by atoms with Crippen LogP contribution in [0.3, 0.4) is 0 Å². The predicted molar refractivity (Wildman–Crippen MR) is 68.2 cm³/mol. The number of carboxylic acid groups (broad SMARTS) is 1. The van der Waals surface area contributed by atoms with Crippen LogP contribution < -0.4 is 0 Å². The Balaban J connectivity index is 2.56. The molecule has 4 nitrogen and oxygen atoms in total. The highest BCUT2D eigenvalue weighted by atomic mass is 79.9. The molecular formula is C12H11BrN2O2. The Morgan fingerprint density at radius 2 is 2.06 bits per heavy atom. The molecule has 1 heterocycles. The Morgan fingerprint density at radius 3 is 2.65 bits per heavy atom.